The van der Waals surface area contributed by atoms with Crippen LogP contribution < -0.4 is 10.6 Å². The van der Waals surface area contributed by atoms with Gasteiger partial charge in [-0.3, -0.25) is 0 Å². The fraction of sp³-hybridized carbons (Fsp3) is 0.857. The number of ether oxygens (including phenoxy) is 1. The van der Waals surface area contributed by atoms with Crippen molar-refractivity contribution >= 4 is 6.09 Å². The highest BCUT2D eigenvalue weighted by molar-refractivity contribution is 5.67. The van der Waals surface area contributed by atoms with Crippen molar-refractivity contribution in [2.75, 3.05) is 20.1 Å². The van der Waals surface area contributed by atoms with Crippen LogP contribution in [0.1, 0.15) is 17.0 Å². The van der Waals surface area contributed by atoms with E-state index < -0.39 is 13.1 Å². The van der Waals surface area contributed by atoms with Gasteiger partial charge in [-0.05, 0) is 25.9 Å². The van der Waals surface area contributed by atoms with E-state index in [0.29, 0.717) is 0 Å². The average molecular weight is 161 g/mol. The Morgan fingerprint density at radius 1 is 1.73 bits per heavy atom. The van der Waals surface area contributed by atoms with Crippen LogP contribution in [0.4, 0.5) is 4.79 Å². The van der Waals surface area contributed by atoms with Crippen LogP contribution in [-0.4, -0.2) is 32.3 Å². The Morgan fingerprint density at radius 3 is 3.09 bits per heavy atom. The summed E-state index contributed by atoms with van der Waals surface area (Å²) in [6, 6.07) is 0.0195. The smallest absolute Gasteiger partial charge is 0.407 e. The molecular formula is C7H14N2O2. The molecule has 0 radical (unpaired) electrons. The molecule has 0 aromatic carbocycles. The van der Waals surface area contributed by atoms with Crippen molar-refractivity contribution in [3.05, 3.63) is 0 Å². The van der Waals surface area contributed by atoms with Crippen LogP contribution >= 0.6 is 0 Å². The van der Waals surface area contributed by atoms with Crippen LogP contribution in [0, 0.1) is 0 Å². The zero-order chi connectivity index (χ0) is 10.6. The molecule has 0 aromatic rings. The molecule has 4 nitrogen and oxygen atoms in total. The van der Waals surface area contributed by atoms with E-state index in [9.17, 15) is 4.79 Å². The molecular weight excluding hydrogens is 144 g/mol. The lowest BCUT2D eigenvalue weighted by atomic mass is 10.1. The molecule has 0 saturated carbocycles. The highest BCUT2D eigenvalue weighted by Crippen LogP contribution is 2.01. The van der Waals surface area contributed by atoms with Gasteiger partial charge in [-0.1, -0.05) is 0 Å². The molecule has 1 rings (SSSR count). The second-order valence-corrected chi connectivity index (χ2v) is 2.56. The number of rotatable bonds is 1. The van der Waals surface area contributed by atoms with Crippen molar-refractivity contribution in [1.29, 1.82) is 0 Å². The van der Waals surface area contributed by atoms with Gasteiger partial charge >= 0.3 is 6.09 Å². The van der Waals surface area contributed by atoms with Gasteiger partial charge in [0.15, 0.2) is 0 Å². The van der Waals surface area contributed by atoms with Crippen molar-refractivity contribution in [3.8, 4) is 0 Å². The summed E-state index contributed by atoms with van der Waals surface area (Å²) >= 11 is 0. The van der Waals surface area contributed by atoms with Gasteiger partial charge < -0.3 is 15.4 Å². The maximum absolute atomic E-state index is 11.0. The van der Waals surface area contributed by atoms with Gasteiger partial charge in [-0.15, -0.1) is 0 Å². The molecule has 0 unspecified atom stereocenters. The summed E-state index contributed by atoms with van der Waals surface area (Å²) < 4.78 is 24.3. The number of methoxy groups -OCH3 is 1. The molecule has 1 aliphatic heterocycles. The Hall–Kier alpha value is -0.770. The number of amides is 1. The zero-order valence-electron chi connectivity index (χ0n) is 9.22. The van der Waals surface area contributed by atoms with E-state index in [1.807, 2.05) is 0 Å². The molecule has 4 heteroatoms. The molecule has 1 amide bonds. The Morgan fingerprint density at radius 2 is 2.45 bits per heavy atom. The largest absolute Gasteiger partial charge is 0.453 e. The maximum atomic E-state index is 11.0. The Balaban J connectivity index is 2.25. The molecule has 1 heterocycles. The Kier molecular flexibility index (Phi) is 1.89. The predicted molar refractivity (Wildman–Crippen MR) is 41.4 cm³/mol. The van der Waals surface area contributed by atoms with E-state index in [2.05, 4.69) is 15.4 Å². The number of nitrogens with one attached hydrogen (secondary N) is 2. The molecule has 0 aromatic heterocycles. The predicted octanol–water partition coefficient (Wildman–Crippen LogP) is 0.0944. The van der Waals surface area contributed by atoms with Crippen LogP contribution in [0.2, 0.25) is 0 Å². The number of hydrogen-bond donors (Lipinski definition) is 2. The minimum absolute atomic E-state index is 0.0195. The van der Waals surface area contributed by atoms with Gasteiger partial charge in [0, 0.05) is 6.04 Å². The van der Waals surface area contributed by atoms with E-state index in [4.69, 9.17) is 4.11 Å². The SMILES string of the molecule is [2H]C([2H])([2H])OC(=O)NC1CCNCC1. The molecule has 0 bridgehead atoms. The number of alkyl carbamates (subject to hydrolysis) is 1. The molecule has 0 atom stereocenters. The first-order valence-corrected chi connectivity index (χ1v) is 3.67. The quantitative estimate of drug-likeness (QED) is 0.573. The van der Waals surface area contributed by atoms with Crippen molar-refractivity contribution in [2.45, 2.75) is 18.9 Å². The molecule has 64 valence electrons. The lowest BCUT2D eigenvalue weighted by molar-refractivity contribution is 0.164. The fourth-order valence-electron chi connectivity index (χ4n) is 1.16. The Bertz CT molecular complexity index is 202. The molecule has 2 N–H and O–H groups in total. The standard InChI is InChI=1S/C7H14N2O2/c1-11-7(10)9-6-2-4-8-5-3-6/h6,8H,2-5H2,1H3,(H,9,10)/i1D3. The highest BCUT2D eigenvalue weighted by atomic mass is 16.5. The van der Waals surface area contributed by atoms with E-state index in [0.717, 1.165) is 25.9 Å². The third-order valence-electron chi connectivity index (χ3n) is 1.75. The minimum atomic E-state index is -2.66. The summed E-state index contributed by atoms with van der Waals surface area (Å²) in [5.41, 5.74) is 0. The van der Waals surface area contributed by atoms with Gasteiger partial charge in [0.25, 0.3) is 0 Å². The van der Waals surface area contributed by atoms with Crippen LogP contribution in [-0.2, 0) is 4.74 Å². The minimum Gasteiger partial charge on any atom is -0.453 e. The van der Waals surface area contributed by atoms with E-state index in [1.54, 1.807) is 0 Å². The number of carbonyl (C=O) groups excluding carboxylic acids is 1. The normalized spacial score (nSPS) is 24.5. The van der Waals surface area contributed by atoms with Crippen molar-refractivity contribution in [1.82, 2.24) is 10.6 Å². The third kappa shape index (κ3) is 2.76. The number of carbonyl (C=O) groups is 1. The number of piperidine rings is 1. The molecule has 11 heavy (non-hydrogen) atoms. The topological polar surface area (TPSA) is 50.4 Å². The lowest BCUT2D eigenvalue weighted by Crippen LogP contribution is -2.42. The van der Waals surface area contributed by atoms with Crippen LogP contribution in [0.25, 0.3) is 0 Å². The lowest BCUT2D eigenvalue weighted by Gasteiger charge is -2.22. The van der Waals surface area contributed by atoms with Crippen molar-refractivity contribution in [2.24, 2.45) is 0 Å². The second kappa shape index (κ2) is 4.18. The van der Waals surface area contributed by atoms with Gasteiger partial charge in [0.1, 0.15) is 0 Å². The molecule has 1 saturated heterocycles. The summed E-state index contributed by atoms with van der Waals surface area (Å²) in [5.74, 6) is 0. The average Bonchev–Trinajstić information content (AvgIpc) is 2.02. The zero-order valence-corrected chi connectivity index (χ0v) is 6.22. The summed E-state index contributed by atoms with van der Waals surface area (Å²) in [6.07, 6.45) is 0.739. The van der Waals surface area contributed by atoms with Crippen LogP contribution in [0.5, 0.6) is 0 Å². The summed E-state index contributed by atoms with van der Waals surface area (Å²) in [7, 11) is -2.66. The van der Waals surface area contributed by atoms with Crippen LogP contribution in [0.3, 0.4) is 0 Å². The van der Waals surface area contributed by atoms with Gasteiger partial charge in [0.05, 0.1) is 11.2 Å². The van der Waals surface area contributed by atoms with E-state index >= 15 is 0 Å². The van der Waals surface area contributed by atoms with Gasteiger partial charge in [-0.25, -0.2) is 4.79 Å². The summed E-state index contributed by atoms with van der Waals surface area (Å²) in [6.45, 7) is 1.66. The molecule has 1 fully saturated rings. The first-order valence-electron chi connectivity index (χ1n) is 5.17. The fourth-order valence-corrected chi connectivity index (χ4v) is 1.16. The van der Waals surface area contributed by atoms with Gasteiger partial charge in [0.2, 0.25) is 0 Å². The van der Waals surface area contributed by atoms with Crippen LogP contribution in [0.15, 0.2) is 0 Å². The summed E-state index contributed by atoms with van der Waals surface area (Å²) in [5, 5.41) is 5.65. The molecule has 1 aliphatic rings. The first-order chi connectivity index (χ1) is 6.47. The second-order valence-electron chi connectivity index (χ2n) is 2.56. The molecule has 0 spiro atoms. The van der Waals surface area contributed by atoms with E-state index in [-0.39, 0.29) is 6.04 Å². The first kappa shape index (κ1) is 4.98. The maximum Gasteiger partial charge on any atom is 0.407 e. The Labute approximate surface area is 70.5 Å². The van der Waals surface area contributed by atoms with Gasteiger partial charge in [-0.2, -0.15) is 0 Å². The van der Waals surface area contributed by atoms with Crippen molar-refractivity contribution < 1.29 is 13.6 Å². The monoisotopic (exact) mass is 161 g/mol. The van der Waals surface area contributed by atoms with Crippen molar-refractivity contribution in [3.63, 3.8) is 0 Å². The number of hydrogen-bond acceptors (Lipinski definition) is 3. The third-order valence-corrected chi connectivity index (χ3v) is 1.75. The van der Waals surface area contributed by atoms with E-state index in [1.165, 1.54) is 0 Å². The highest BCUT2D eigenvalue weighted by Gasteiger charge is 2.14. The summed E-state index contributed by atoms with van der Waals surface area (Å²) in [4.78, 5) is 11.0. The molecule has 0 aliphatic carbocycles.